The Morgan fingerprint density at radius 1 is 1.11 bits per heavy atom. The summed E-state index contributed by atoms with van der Waals surface area (Å²) >= 11 is 5.81. The third kappa shape index (κ3) is 5.48. The average Bonchev–Trinajstić information content (AvgIpc) is 2.90. The Hall–Kier alpha value is -3.81. The quantitative estimate of drug-likeness (QED) is 0.329. The van der Waals surface area contributed by atoms with Crippen LogP contribution in [-0.4, -0.2) is 34.4 Å². The van der Waals surface area contributed by atoms with E-state index < -0.39 is 23.8 Å². The molecule has 0 radical (unpaired) electrons. The van der Waals surface area contributed by atoms with Crippen molar-refractivity contribution in [2.75, 3.05) is 11.9 Å². The zero-order valence-electron chi connectivity index (χ0n) is 20.2. The number of amides is 1. The van der Waals surface area contributed by atoms with Crippen LogP contribution in [0.25, 0.3) is 10.9 Å². The molecule has 8 heteroatoms. The summed E-state index contributed by atoms with van der Waals surface area (Å²) in [5, 5.41) is 3.18. The highest BCUT2D eigenvalue weighted by Gasteiger charge is 2.29. The molecule has 5 rings (SSSR count). The first kappa shape index (κ1) is 24.9. The van der Waals surface area contributed by atoms with Crippen molar-refractivity contribution < 1.29 is 18.7 Å². The number of aromatic nitrogens is 1. The molecular weight excluding hydrogens is 493 g/mol. The fourth-order valence-corrected chi connectivity index (χ4v) is 4.73. The second kappa shape index (κ2) is 10.7. The molecule has 2 heterocycles. The summed E-state index contributed by atoms with van der Waals surface area (Å²) in [7, 11) is 0. The van der Waals surface area contributed by atoms with E-state index in [4.69, 9.17) is 21.3 Å². The normalized spacial score (nSPS) is 14.1. The molecule has 1 aliphatic heterocycles. The van der Waals surface area contributed by atoms with Gasteiger partial charge in [0.05, 0.1) is 16.1 Å². The summed E-state index contributed by atoms with van der Waals surface area (Å²) in [6, 6.07) is 21.5. The van der Waals surface area contributed by atoms with Gasteiger partial charge in [0.15, 0.2) is 6.10 Å². The molecule has 1 N–H and O–H groups in total. The maximum Gasteiger partial charge on any atom is 0.339 e. The van der Waals surface area contributed by atoms with Gasteiger partial charge in [-0.3, -0.25) is 14.7 Å². The molecule has 0 fully saturated rings. The second-order valence-electron chi connectivity index (χ2n) is 9.04. The van der Waals surface area contributed by atoms with E-state index in [-0.39, 0.29) is 5.02 Å². The number of para-hydroxylation sites is 1. The predicted molar refractivity (Wildman–Crippen MR) is 141 cm³/mol. The van der Waals surface area contributed by atoms with Gasteiger partial charge in [-0.15, -0.1) is 0 Å². The van der Waals surface area contributed by atoms with Crippen molar-refractivity contribution in [2.24, 2.45) is 0 Å². The van der Waals surface area contributed by atoms with Crippen molar-refractivity contribution >= 4 is 40.1 Å². The number of halogens is 2. The Bertz CT molecular complexity index is 1480. The zero-order valence-corrected chi connectivity index (χ0v) is 21.0. The summed E-state index contributed by atoms with van der Waals surface area (Å²) in [4.78, 5) is 33.4. The molecule has 0 saturated carbocycles. The molecule has 6 nitrogen and oxygen atoms in total. The largest absolute Gasteiger partial charge is 0.449 e. The number of anilines is 1. The number of rotatable bonds is 6. The number of pyridine rings is 1. The molecule has 1 atom stereocenters. The van der Waals surface area contributed by atoms with Gasteiger partial charge in [-0.2, -0.15) is 0 Å². The van der Waals surface area contributed by atoms with Crippen LogP contribution in [0.5, 0.6) is 0 Å². The van der Waals surface area contributed by atoms with Crippen LogP contribution in [0.3, 0.4) is 0 Å². The van der Waals surface area contributed by atoms with Gasteiger partial charge in [-0.05, 0) is 36.8 Å². The highest BCUT2D eigenvalue weighted by Crippen LogP contribution is 2.30. The van der Waals surface area contributed by atoms with E-state index in [9.17, 15) is 14.0 Å². The number of ether oxygens (including phenoxy) is 1. The fourth-order valence-electron chi connectivity index (χ4n) is 4.55. The van der Waals surface area contributed by atoms with Crippen molar-refractivity contribution in [1.29, 1.82) is 0 Å². The number of carbonyl (C=O) groups excluding carboxylic acids is 2. The number of fused-ring (bicyclic) bond motifs is 2. The van der Waals surface area contributed by atoms with Gasteiger partial charge >= 0.3 is 5.97 Å². The lowest BCUT2D eigenvalue weighted by Gasteiger charge is -2.30. The van der Waals surface area contributed by atoms with E-state index >= 15 is 0 Å². The first-order valence-electron chi connectivity index (χ1n) is 12.0. The number of carbonyl (C=O) groups is 2. The number of hydrogen-bond donors (Lipinski definition) is 1. The predicted octanol–water partition coefficient (Wildman–Crippen LogP) is 5.77. The van der Waals surface area contributed by atoms with Crippen LogP contribution in [0, 0.1) is 5.82 Å². The number of benzene rings is 3. The Kier molecular flexibility index (Phi) is 7.17. The number of nitrogens with one attached hydrogen (secondary N) is 1. The molecule has 188 valence electrons. The Labute approximate surface area is 219 Å². The zero-order chi connectivity index (χ0) is 25.9. The van der Waals surface area contributed by atoms with Crippen LogP contribution >= 0.6 is 11.6 Å². The molecule has 1 amide bonds. The van der Waals surface area contributed by atoms with E-state index in [1.807, 2.05) is 42.5 Å². The van der Waals surface area contributed by atoms with Crippen LogP contribution in [-0.2, 0) is 29.0 Å². The standard InChI is InChI=1S/C29H25ClFN3O3/c1-18(28(35)32-20-11-12-24(31)23(30)15-20)37-29(36)27-21-9-5-6-10-25(21)33-26-13-14-34(17-22(26)27)16-19-7-3-2-4-8-19/h2-12,15,18H,13-14,16-17H2,1H3,(H,32,35). The lowest BCUT2D eigenvalue weighted by molar-refractivity contribution is -0.123. The summed E-state index contributed by atoms with van der Waals surface area (Å²) in [5.74, 6) is -1.72. The molecular formula is C29H25ClFN3O3. The molecule has 1 aromatic heterocycles. The molecule has 0 aliphatic carbocycles. The SMILES string of the molecule is CC(OC(=O)c1c2c(nc3ccccc13)CCN(Cc1ccccc1)C2)C(=O)Nc1ccc(F)c(Cl)c1. The van der Waals surface area contributed by atoms with Gasteiger partial charge in [-0.25, -0.2) is 9.18 Å². The minimum absolute atomic E-state index is 0.114. The maximum atomic E-state index is 13.5. The van der Waals surface area contributed by atoms with E-state index in [0.717, 1.165) is 30.4 Å². The topological polar surface area (TPSA) is 71.5 Å². The van der Waals surface area contributed by atoms with Gasteiger partial charge in [0.1, 0.15) is 5.82 Å². The number of hydrogen-bond acceptors (Lipinski definition) is 5. The van der Waals surface area contributed by atoms with E-state index in [1.54, 1.807) is 0 Å². The van der Waals surface area contributed by atoms with Crippen molar-refractivity contribution in [2.45, 2.75) is 32.5 Å². The van der Waals surface area contributed by atoms with Gasteiger partial charge in [-0.1, -0.05) is 60.1 Å². The van der Waals surface area contributed by atoms with Crippen LogP contribution in [0.15, 0.2) is 72.8 Å². The number of esters is 1. The summed E-state index contributed by atoms with van der Waals surface area (Å²) in [5.41, 5.74) is 4.33. The summed E-state index contributed by atoms with van der Waals surface area (Å²) in [6.07, 6.45) is -0.391. The van der Waals surface area contributed by atoms with E-state index in [0.29, 0.717) is 35.1 Å². The minimum atomic E-state index is -1.09. The third-order valence-electron chi connectivity index (χ3n) is 6.42. The molecule has 0 spiro atoms. The Morgan fingerprint density at radius 2 is 1.86 bits per heavy atom. The van der Waals surface area contributed by atoms with Gasteiger partial charge < -0.3 is 10.1 Å². The molecule has 3 aromatic carbocycles. The summed E-state index contributed by atoms with van der Waals surface area (Å²) in [6.45, 7) is 3.61. The Balaban J connectivity index is 1.40. The first-order valence-corrected chi connectivity index (χ1v) is 12.4. The van der Waals surface area contributed by atoms with Crippen molar-refractivity contribution in [1.82, 2.24) is 9.88 Å². The van der Waals surface area contributed by atoms with Crippen molar-refractivity contribution in [3.05, 3.63) is 106 Å². The van der Waals surface area contributed by atoms with Crippen molar-refractivity contribution in [3.8, 4) is 0 Å². The molecule has 1 unspecified atom stereocenters. The van der Waals surface area contributed by atoms with E-state index in [2.05, 4.69) is 22.3 Å². The van der Waals surface area contributed by atoms with Crippen LogP contribution in [0.2, 0.25) is 5.02 Å². The summed E-state index contributed by atoms with van der Waals surface area (Å²) < 4.78 is 19.1. The van der Waals surface area contributed by atoms with Crippen LogP contribution in [0.4, 0.5) is 10.1 Å². The van der Waals surface area contributed by atoms with E-state index in [1.165, 1.54) is 24.6 Å². The lowest BCUT2D eigenvalue weighted by atomic mass is 9.95. The molecule has 0 saturated heterocycles. The van der Waals surface area contributed by atoms with Gasteiger partial charge in [0.25, 0.3) is 5.91 Å². The minimum Gasteiger partial charge on any atom is -0.449 e. The highest BCUT2D eigenvalue weighted by molar-refractivity contribution is 6.31. The monoisotopic (exact) mass is 517 g/mol. The molecule has 37 heavy (non-hydrogen) atoms. The Morgan fingerprint density at radius 3 is 2.65 bits per heavy atom. The molecule has 0 bridgehead atoms. The number of nitrogens with zero attached hydrogens (tertiary/aromatic N) is 2. The van der Waals surface area contributed by atoms with Gasteiger partial charge in [0.2, 0.25) is 0 Å². The second-order valence-corrected chi connectivity index (χ2v) is 9.45. The smallest absolute Gasteiger partial charge is 0.339 e. The average molecular weight is 518 g/mol. The molecule has 1 aliphatic rings. The molecule has 4 aromatic rings. The third-order valence-corrected chi connectivity index (χ3v) is 6.71. The highest BCUT2D eigenvalue weighted by atomic mass is 35.5. The maximum absolute atomic E-state index is 13.5. The fraction of sp³-hybridized carbons (Fsp3) is 0.207. The van der Waals surface area contributed by atoms with Crippen molar-refractivity contribution in [3.63, 3.8) is 0 Å². The first-order chi connectivity index (χ1) is 17.9. The van der Waals surface area contributed by atoms with Crippen LogP contribution < -0.4 is 5.32 Å². The van der Waals surface area contributed by atoms with Gasteiger partial charge in [0, 0.05) is 48.4 Å². The van der Waals surface area contributed by atoms with Crippen LogP contribution in [0.1, 0.15) is 34.1 Å². The lowest BCUT2D eigenvalue weighted by Crippen LogP contribution is -2.34.